The van der Waals surface area contributed by atoms with Gasteiger partial charge in [0.05, 0.1) is 0 Å². The maximum absolute atomic E-state index is 11.5. The minimum Gasteiger partial charge on any atom is -0.313 e. The van der Waals surface area contributed by atoms with Crippen molar-refractivity contribution in [3.8, 4) is 0 Å². The molecule has 13 heavy (non-hydrogen) atoms. The van der Waals surface area contributed by atoms with Gasteiger partial charge in [-0.15, -0.1) is 0 Å². The maximum Gasteiger partial charge on any atom is 0.137 e. The van der Waals surface area contributed by atoms with Crippen molar-refractivity contribution in [2.45, 2.75) is 51.0 Å². The molecule has 2 aliphatic rings. The van der Waals surface area contributed by atoms with Gasteiger partial charge in [0, 0.05) is 18.4 Å². The molecule has 2 nitrogen and oxygen atoms in total. The highest BCUT2D eigenvalue weighted by atomic mass is 16.1. The minimum absolute atomic E-state index is 0.359. The first-order valence-electron chi connectivity index (χ1n) is 5.64. The molecule has 2 unspecified atom stereocenters. The summed E-state index contributed by atoms with van der Waals surface area (Å²) in [5.41, 5.74) is 0. The van der Waals surface area contributed by atoms with Crippen LogP contribution in [0.1, 0.15) is 44.9 Å². The third-order valence-electron chi connectivity index (χ3n) is 3.44. The molecule has 1 aliphatic carbocycles. The van der Waals surface area contributed by atoms with Crippen LogP contribution in [0.5, 0.6) is 0 Å². The average molecular weight is 181 g/mol. The van der Waals surface area contributed by atoms with Crippen molar-refractivity contribution in [3.05, 3.63) is 0 Å². The van der Waals surface area contributed by atoms with E-state index >= 15 is 0 Å². The Morgan fingerprint density at radius 1 is 1.08 bits per heavy atom. The van der Waals surface area contributed by atoms with Crippen LogP contribution in [0, 0.1) is 5.92 Å². The zero-order chi connectivity index (χ0) is 9.10. The lowest BCUT2D eigenvalue weighted by molar-refractivity contribution is -0.121. The van der Waals surface area contributed by atoms with Gasteiger partial charge in [-0.1, -0.05) is 12.8 Å². The van der Waals surface area contributed by atoms with Crippen LogP contribution >= 0.6 is 0 Å². The Balaban J connectivity index is 1.93. The van der Waals surface area contributed by atoms with Gasteiger partial charge in [-0.25, -0.2) is 0 Å². The van der Waals surface area contributed by atoms with E-state index < -0.39 is 0 Å². The van der Waals surface area contributed by atoms with Gasteiger partial charge in [-0.05, 0) is 32.2 Å². The molecule has 1 aliphatic heterocycles. The fourth-order valence-corrected chi connectivity index (χ4v) is 2.67. The lowest BCUT2D eigenvalue weighted by Gasteiger charge is -2.21. The third-order valence-corrected chi connectivity index (χ3v) is 3.44. The summed E-state index contributed by atoms with van der Waals surface area (Å²) in [7, 11) is 0. The lowest BCUT2D eigenvalue weighted by Crippen LogP contribution is -2.37. The molecule has 2 fully saturated rings. The molecule has 0 aromatic carbocycles. The Bertz CT molecular complexity index is 183. The summed E-state index contributed by atoms with van der Waals surface area (Å²) < 4.78 is 0. The molecule has 0 bridgehead atoms. The molecular weight excluding hydrogens is 162 g/mol. The number of carbonyl (C=O) groups is 1. The average Bonchev–Trinajstić information content (AvgIpc) is 2.43. The number of hydrogen-bond donors (Lipinski definition) is 1. The van der Waals surface area contributed by atoms with Crippen LogP contribution in [0.15, 0.2) is 0 Å². The highest BCUT2D eigenvalue weighted by Gasteiger charge is 2.31. The van der Waals surface area contributed by atoms with Crippen molar-refractivity contribution in [3.63, 3.8) is 0 Å². The molecule has 0 aromatic rings. The van der Waals surface area contributed by atoms with E-state index in [1.54, 1.807) is 0 Å². The van der Waals surface area contributed by atoms with Crippen LogP contribution < -0.4 is 5.32 Å². The SMILES string of the molecule is O=C1CCCC1C1CCCCCN1. The highest BCUT2D eigenvalue weighted by Crippen LogP contribution is 2.27. The van der Waals surface area contributed by atoms with Gasteiger partial charge < -0.3 is 5.32 Å². The Labute approximate surface area is 80.1 Å². The summed E-state index contributed by atoms with van der Waals surface area (Å²) in [5, 5.41) is 3.53. The molecule has 0 amide bonds. The van der Waals surface area contributed by atoms with E-state index in [0.717, 1.165) is 25.8 Å². The Morgan fingerprint density at radius 3 is 2.77 bits per heavy atom. The van der Waals surface area contributed by atoms with Crippen molar-refractivity contribution in [2.24, 2.45) is 5.92 Å². The van der Waals surface area contributed by atoms with Crippen LogP contribution in [0.3, 0.4) is 0 Å². The van der Waals surface area contributed by atoms with Crippen LogP contribution in [0.25, 0.3) is 0 Å². The summed E-state index contributed by atoms with van der Waals surface area (Å²) in [5.74, 6) is 0.873. The summed E-state index contributed by atoms with van der Waals surface area (Å²) in [6.07, 6.45) is 8.25. The molecule has 2 rings (SSSR count). The van der Waals surface area contributed by atoms with E-state index in [9.17, 15) is 4.79 Å². The van der Waals surface area contributed by atoms with Crippen LogP contribution in [-0.2, 0) is 4.79 Å². The maximum atomic E-state index is 11.5. The van der Waals surface area contributed by atoms with E-state index in [4.69, 9.17) is 0 Å². The number of ketones is 1. The molecule has 2 heteroatoms. The van der Waals surface area contributed by atoms with E-state index in [-0.39, 0.29) is 0 Å². The molecular formula is C11H19NO. The molecule has 0 aromatic heterocycles. The topological polar surface area (TPSA) is 29.1 Å². The van der Waals surface area contributed by atoms with Crippen molar-refractivity contribution in [1.82, 2.24) is 5.32 Å². The smallest absolute Gasteiger partial charge is 0.137 e. The van der Waals surface area contributed by atoms with Gasteiger partial charge in [-0.3, -0.25) is 4.79 Å². The summed E-state index contributed by atoms with van der Waals surface area (Å²) in [4.78, 5) is 11.5. The first-order chi connectivity index (χ1) is 6.38. The molecule has 0 spiro atoms. The van der Waals surface area contributed by atoms with E-state index in [2.05, 4.69) is 5.32 Å². The highest BCUT2D eigenvalue weighted by molar-refractivity contribution is 5.83. The van der Waals surface area contributed by atoms with Gasteiger partial charge in [0.25, 0.3) is 0 Å². The second kappa shape index (κ2) is 4.23. The van der Waals surface area contributed by atoms with E-state index in [1.165, 1.54) is 25.7 Å². The predicted octanol–water partition coefficient (Wildman–Crippen LogP) is 1.89. The number of hydrogen-bond acceptors (Lipinski definition) is 2. The van der Waals surface area contributed by atoms with Gasteiger partial charge in [0.1, 0.15) is 5.78 Å². The second-order valence-electron chi connectivity index (χ2n) is 4.37. The Kier molecular flexibility index (Phi) is 2.99. The molecule has 74 valence electrons. The molecule has 1 heterocycles. The first-order valence-corrected chi connectivity index (χ1v) is 5.64. The monoisotopic (exact) mass is 181 g/mol. The molecule has 0 radical (unpaired) electrons. The Morgan fingerprint density at radius 2 is 2.00 bits per heavy atom. The van der Waals surface area contributed by atoms with Crippen molar-refractivity contribution in [1.29, 1.82) is 0 Å². The van der Waals surface area contributed by atoms with Gasteiger partial charge in [-0.2, -0.15) is 0 Å². The predicted molar refractivity (Wildman–Crippen MR) is 52.6 cm³/mol. The van der Waals surface area contributed by atoms with Crippen LogP contribution in [0.2, 0.25) is 0 Å². The molecule has 1 N–H and O–H groups in total. The van der Waals surface area contributed by atoms with Crippen LogP contribution in [-0.4, -0.2) is 18.4 Å². The standard InChI is InChI=1S/C11H19NO/c13-11-7-4-5-9(11)10-6-2-1-3-8-12-10/h9-10,12H,1-8H2. The van der Waals surface area contributed by atoms with Crippen molar-refractivity contribution in [2.75, 3.05) is 6.54 Å². The molecule has 1 saturated carbocycles. The quantitative estimate of drug-likeness (QED) is 0.669. The zero-order valence-electron chi connectivity index (χ0n) is 8.22. The Hall–Kier alpha value is -0.370. The third kappa shape index (κ3) is 2.11. The van der Waals surface area contributed by atoms with Gasteiger partial charge in [0.15, 0.2) is 0 Å². The summed E-state index contributed by atoms with van der Waals surface area (Å²) >= 11 is 0. The fourth-order valence-electron chi connectivity index (χ4n) is 2.67. The lowest BCUT2D eigenvalue weighted by atomic mass is 9.94. The van der Waals surface area contributed by atoms with E-state index in [0.29, 0.717) is 17.7 Å². The number of rotatable bonds is 1. The van der Waals surface area contributed by atoms with E-state index in [1.807, 2.05) is 0 Å². The molecule has 1 saturated heterocycles. The number of nitrogens with one attached hydrogen (secondary N) is 1. The van der Waals surface area contributed by atoms with Crippen molar-refractivity contribution >= 4 is 5.78 Å². The summed E-state index contributed by atoms with van der Waals surface area (Å²) in [6, 6.07) is 0.512. The van der Waals surface area contributed by atoms with Crippen molar-refractivity contribution < 1.29 is 4.79 Å². The largest absolute Gasteiger partial charge is 0.313 e. The zero-order valence-corrected chi connectivity index (χ0v) is 8.22. The fraction of sp³-hybridized carbons (Fsp3) is 0.909. The number of Topliss-reactive ketones (excluding diaryl/α,β-unsaturated/α-hetero) is 1. The summed E-state index contributed by atoms with van der Waals surface area (Å²) in [6.45, 7) is 1.12. The van der Waals surface area contributed by atoms with Crippen LogP contribution in [0.4, 0.5) is 0 Å². The van der Waals surface area contributed by atoms with Gasteiger partial charge in [0.2, 0.25) is 0 Å². The minimum atomic E-state index is 0.359. The number of carbonyl (C=O) groups excluding carboxylic acids is 1. The normalized spacial score (nSPS) is 36.2. The second-order valence-corrected chi connectivity index (χ2v) is 4.37. The first kappa shape index (κ1) is 9.20. The molecule has 2 atom stereocenters. The van der Waals surface area contributed by atoms with Gasteiger partial charge >= 0.3 is 0 Å².